The molecule has 2 saturated heterocycles. The summed E-state index contributed by atoms with van der Waals surface area (Å²) in [4.78, 5) is 17.1. The average Bonchev–Trinajstić information content (AvgIpc) is 2.68. The molecule has 0 radical (unpaired) electrons. The highest BCUT2D eigenvalue weighted by molar-refractivity contribution is 7.89. The molecular formula is C19H29N3O4S. The van der Waals surface area contributed by atoms with Gasteiger partial charge in [-0.2, -0.15) is 4.31 Å². The Morgan fingerprint density at radius 1 is 1.19 bits per heavy atom. The predicted octanol–water partition coefficient (Wildman–Crippen LogP) is 1.26. The maximum absolute atomic E-state index is 12.9. The van der Waals surface area contributed by atoms with E-state index in [1.807, 2.05) is 7.05 Å². The van der Waals surface area contributed by atoms with Crippen LogP contribution in [0, 0.1) is 0 Å². The normalized spacial score (nSPS) is 23.3. The van der Waals surface area contributed by atoms with Crippen LogP contribution in [0.4, 0.5) is 0 Å². The fourth-order valence-corrected chi connectivity index (χ4v) is 5.05. The van der Waals surface area contributed by atoms with Gasteiger partial charge in [-0.1, -0.05) is 13.0 Å². The smallest absolute Gasteiger partial charge is 0.338 e. The van der Waals surface area contributed by atoms with Gasteiger partial charge in [-0.25, -0.2) is 13.2 Å². The first-order chi connectivity index (χ1) is 12.9. The van der Waals surface area contributed by atoms with Gasteiger partial charge in [-0.05, 0) is 51.2 Å². The molecule has 2 fully saturated rings. The number of nitrogens with zero attached hydrogens (tertiary/aromatic N) is 3. The molecule has 8 heteroatoms. The summed E-state index contributed by atoms with van der Waals surface area (Å²) in [5, 5.41) is 0. The Bertz CT molecular complexity index is 760. The van der Waals surface area contributed by atoms with Crippen molar-refractivity contribution in [3.63, 3.8) is 0 Å². The number of likely N-dealkylation sites (tertiary alicyclic amines) is 1. The summed E-state index contributed by atoms with van der Waals surface area (Å²) in [5.74, 6) is -0.451. The highest BCUT2D eigenvalue weighted by Gasteiger charge is 2.28. The van der Waals surface area contributed by atoms with E-state index in [0.717, 1.165) is 32.5 Å². The van der Waals surface area contributed by atoms with E-state index in [1.54, 1.807) is 18.2 Å². The minimum Gasteiger partial charge on any atom is -0.457 e. The van der Waals surface area contributed by atoms with Crippen LogP contribution in [0.3, 0.4) is 0 Å². The highest BCUT2D eigenvalue weighted by Crippen LogP contribution is 2.20. The van der Waals surface area contributed by atoms with Crippen molar-refractivity contribution in [3.8, 4) is 0 Å². The molecule has 0 N–H and O–H groups in total. The van der Waals surface area contributed by atoms with Crippen LogP contribution >= 0.6 is 0 Å². The van der Waals surface area contributed by atoms with Gasteiger partial charge < -0.3 is 9.64 Å². The van der Waals surface area contributed by atoms with Crippen molar-refractivity contribution in [2.75, 3.05) is 52.9 Å². The summed E-state index contributed by atoms with van der Waals surface area (Å²) in [7, 11) is -1.62. The molecule has 0 bridgehead atoms. The van der Waals surface area contributed by atoms with E-state index in [0.29, 0.717) is 31.7 Å². The standard InChI is InChI=1S/C19H29N3O4S/c1-3-21-9-5-7-17(15-21)26-19(23)16-6-4-8-18(14-16)27(24,25)22-12-10-20(2)11-13-22/h4,6,8,14,17H,3,5,7,9-13,15H2,1-2H3. The number of hydrogen-bond donors (Lipinski definition) is 0. The number of piperidine rings is 1. The zero-order chi connectivity index (χ0) is 19.4. The van der Waals surface area contributed by atoms with E-state index in [1.165, 1.54) is 10.4 Å². The molecule has 0 aromatic heterocycles. The van der Waals surface area contributed by atoms with E-state index < -0.39 is 16.0 Å². The molecule has 1 unspecified atom stereocenters. The van der Waals surface area contributed by atoms with Gasteiger partial charge in [-0.3, -0.25) is 4.90 Å². The van der Waals surface area contributed by atoms with Crippen LogP contribution in [0.1, 0.15) is 30.1 Å². The zero-order valence-electron chi connectivity index (χ0n) is 16.1. The number of benzene rings is 1. The number of piperazine rings is 1. The molecule has 2 aliphatic heterocycles. The van der Waals surface area contributed by atoms with Crippen LogP contribution in [0.2, 0.25) is 0 Å². The second kappa shape index (κ2) is 8.68. The van der Waals surface area contributed by atoms with Crippen LogP contribution in [-0.4, -0.2) is 87.5 Å². The number of ether oxygens (including phenoxy) is 1. The van der Waals surface area contributed by atoms with Crippen molar-refractivity contribution in [2.45, 2.75) is 30.8 Å². The average molecular weight is 396 g/mol. The Kier molecular flexibility index (Phi) is 6.52. The Morgan fingerprint density at radius 2 is 1.93 bits per heavy atom. The molecule has 150 valence electrons. The van der Waals surface area contributed by atoms with E-state index in [9.17, 15) is 13.2 Å². The Balaban J connectivity index is 1.70. The van der Waals surface area contributed by atoms with Crippen molar-refractivity contribution < 1.29 is 17.9 Å². The zero-order valence-corrected chi connectivity index (χ0v) is 17.0. The van der Waals surface area contributed by atoms with E-state index >= 15 is 0 Å². The lowest BCUT2D eigenvalue weighted by atomic mass is 10.1. The monoisotopic (exact) mass is 395 g/mol. The molecule has 0 saturated carbocycles. The van der Waals surface area contributed by atoms with E-state index in [4.69, 9.17) is 4.74 Å². The van der Waals surface area contributed by atoms with Gasteiger partial charge in [0.05, 0.1) is 10.5 Å². The Hall–Kier alpha value is -1.48. The van der Waals surface area contributed by atoms with Gasteiger partial charge in [-0.15, -0.1) is 0 Å². The fraction of sp³-hybridized carbons (Fsp3) is 0.632. The molecule has 1 atom stereocenters. The second-order valence-corrected chi connectivity index (χ2v) is 9.24. The molecule has 1 aromatic rings. The highest BCUT2D eigenvalue weighted by atomic mass is 32.2. The number of hydrogen-bond acceptors (Lipinski definition) is 6. The van der Waals surface area contributed by atoms with Gasteiger partial charge in [0.25, 0.3) is 0 Å². The first kappa shape index (κ1) is 20.3. The minimum atomic E-state index is -3.60. The maximum atomic E-state index is 12.9. The lowest BCUT2D eigenvalue weighted by molar-refractivity contribution is 0.00772. The second-order valence-electron chi connectivity index (χ2n) is 7.30. The molecule has 2 heterocycles. The molecule has 7 nitrogen and oxygen atoms in total. The first-order valence-electron chi connectivity index (χ1n) is 9.62. The SMILES string of the molecule is CCN1CCCC(OC(=O)c2cccc(S(=O)(=O)N3CCN(C)CC3)c2)C1. The number of likely N-dealkylation sites (N-methyl/N-ethyl adjacent to an activating group) is 2. The van der Waals surface area contributed by atoms with Gasteiger partial charge >= 0.3 is 5.97 Å². The number of rotatable bonds is 5. The molecule has 27 heavy (non-hydrogen) atoms. The molecule has 1 aromatic carbocycles. The summed E-state index contributed by atoms with van der Waals surface area (Å²) in [5.41, 5.74) is 0.291. The summed E-state index contributed by atoms with van der Waals surface area (Å²) in [6.07, 6.45) is 1.72. The summed E-state index contributed by atoms with van der Waals surface area (Å²) in [6.45, 7) is 7.13. The first-order valence-corrected chi connectivity index (χ1v) is 11.1. The Labute approximate surface area is 161 Å². The number of carbonyl (C=O) groups is 1. The lowest BCUT2D eigenvalue weighted by Gasteiger charge is -2.32. The number of carbonyl (C=O) groups excluding carboxylic acids is 1. The predicted molar refractivity (Wildman–Crippen MR) is 103 cm³/mol. The van der Waals surface area contributed by atoms with Crippen molar-refractivity contribution >= 4 is 16.0 Å². The van der Waals surface area contributed by atoms with Crippen molar-refractivity contribution in [1.82, 2.24) is 14.1 Å². The van der Waals surface area contributed by atoms with Gasteiger partial charge in [0.1, 0.15) is 6.10 Å². The summed E-state index contributed by atoms with van der Waals surface area (Å²) in [6, 6.07) is 6.21. The third-order valence-corrected chi connectivity index (χ3v) is 7.25. The van der Waals surface area contributed by atoms with Gasteiger partial charge in [0.15, 0.2) is 0 Å². The number of esters is 1. The topological polar surface area (TPSA) is 70.2 Å². The van der Waals surface area contributed by atoms with Crippen LogP contribution in [0.15, 0.2) is 29.2 Å². The summed E-state index contributed by atoms with van der Waals surface area (Å²) < 4.78 is 32.9. The van der Waals surface area contributed by atoms with Crippen molar-refractivity contribution in [2.24, 2.45) is 0 Å². The summed E-state index contributed by atoms with van der Waals surface area (Å²) >= 11 is 0. The van der Waals surface area contributed by atoms with Crippen LogP contribution in [0.25, 0.3) is 0 Å². The minimum absolute atomic E-state index is 0.135. The Morgan fingerprint density at radius 3 is 2.63 bits per heavy atom. The van der Waals surface area contributed by atoms with Gasteiger partial charge in [0, 0.05) is 32.7 Å². The van der Waals surface area contributed by atoms with Crippen LogP contribution in [0.5, 0.6) is 0 Å². The van der Waals surface area contributed by atoms with Crippen molar-refractivity contribution in [3.05, 3.63) is 29.8 Å². The molecule has 0 aliphatic carbocycles. The molecule has 0 spiro atoms. The van der Waals surface area contributed by atoms with Crippen LogP contribution < -0.4 is 0 Å². The van der Waals surface area contributed by atoms with E-state index in [2.05, 4.69) is 16.7 Å². The number of sulfonamides is 1. The largest absolute Gasteiger partial charge is 0.457 e. The lowest BCUT2D eigenvalue weighted by Crippen LogP contribution is -2.47. The third-order valence-electron chi connectivity index (χ3n) is 5.35. The van der Waals surface area contributed by atoms with Gasteiger partial charge in [0.2, 0.25) is 10.0 Å². The van der Waals surface area contributed by atoms with Crippen LogP contribution in [-0.2, 0) is 14.8 Å². The molecule has 0 amide bonds. The van der Waals surface area contributed by atoms with Crippen molar-refractivity contribution in [1.29, 1.82) is 0 Å². The quantitative estimate of drug-likeness (QED) is 0.699. The van der Waals surface area contributed by atoms with E-state index in [-0.39, 0.29) is 11.0 Å². The molecular weight excluding hydrogens is 366 g/mol. The fourth-order valence-electron chi connectivity index (χ4n) is 3.58. The molecule has 3 rings (SSSR count). The third kappa shape index (κ3) is 4.87. The molecule has 2 aliphatic rings. The maximum Gasteiger partial charge on any atom is 0.338 e.